The van der Waals surface area contributed by atoms with Gasteiger partial charge in [-0.25, -0.2) is 4.98 Å². The van der Waals surface area contributed by atoms with Crippen LogP contribution in [0.2, 0.25) is 0 Å². The minimum absolute atomic E-state index is 0.448. The molecule has 0 atom stereocenters. The van der Waals surface area contributed by atoms with Crippen molar-refractivity contribution in [1.29, 1.82) is 0 Å². The van der Waals surface area contributed by atoms with Crippen LogP contribution in [0.15, 0.2) is 64.0 Å². The Balaban J connectivity index is 1.55. The largest absolute Gasteiger partial charge is 0.465 e. The number of imidazole rings is 1. The van der Waals surface area contributed by atoms with Gasteiger partial charge < -0.3 is 13.5 Å². The van der Waals surface area contributed by atoms with Crippen LogP contribution >= 0.6 is 0 Å². The molecule has 4 aromatic rings. The van der Waals surface area contributed by atoms with Gasteiger partial charge in [0.05, 0.1) is 30.5 Å². The molecule has 1 aliphatic rings. The van der Waals surface area contributed by atoms with Crippen LogP contribution in [-0.2, 0) is 6.54 Å². The van der Waals surface area contributed by atoms with E-state index in [1.165, 1.54) is 0 Å². The quantitative estimate of drug-likeness (QED) is 0.476. The Labute approximate surface area is 162 Å². The lowest BCUT2D eigenvalue weighted by Crippen LogP contribution is -2.04. The maximum atomic E-state index is 5.50. The number of aromatic nitrogens is 4. The third-order valence-electron chi connectivity index (χ3n) is 4.88. The number of furan rings is 1. The fourth-order valence-corrected chi connectivity index (χ4v) is 3.36. The first-order chi connectivity index (χ1) is 13.8. The molecule has 3 heterocycles. The molecule has 140 valence electrons. The summed E-state index contributed by atoms with van der Waals surface area (Å²) in [6.45, 7) is 2.57. The Hall–Kier alpha value is -3.41. The van der Waals surface area contributed by atoms with E-state index in [-0.39, 0.29) is 0 Å². The van der Waals surface area contributed by atoms with Gasteiger partial charge in [-0.3, -0.25) is 0 Å². The van der Waals surface area contributed by atoms with Crippen LogP contribution in [0.4, 0.5) is 0 Å². The van der Waals surface area contributed by atoms with E-state index in [9.17, 15) is 0 Å². The van der Waals surface area contributed by atoms with Crippen molar-refractivity contribution in [3.63, 3.8) is 0 Å². The maximum absolute atomic E-state index is 5.50. The van der Waals surface area contributed by atoms with Gasteiger partial charge in [0.25, 0.3) is 0 Å². The zero-order valence-electron chi connectivity index (χ0n) is 15.6. The van der Waals surface area contributed by atoms with Gasteiger partial charge >= 0.3 is 0 Å². The second-order valence-corrected chi connectivity index (χ2v) is 7.10. The molecular weight excluding hydrogens is 352 g/mol. The van der Waals surface area contributed by atoms with Crippen molar-refractivity contribution in [1.82, 2.24) is 19.7 Å². The molecule has 0 spiro atoms. The molecule has 0 saturated heterocycles. The van der Waals surface area contributed by atoms with E-state index in [1.807, 2.05) is 42.7 Å². The highest BCUT2D eigenvalue weighted by Crippen LogP contribution is 2.39. The fraction of sp³-hybridized carbons (Fsp3) is 0.227. The number of nitrogens with zero attached hydrogens (tertiary/aromatic N) is 4. The van der Waals surface area contributed by atoms with Crippen LogP contribution in [0.5, 0.6) is 0 Å². The van der Waals surface area contributed by atoms with E-state index in [2.05, 4.69) is 33.8 Å². The van der Waals surface area contributed by atoms with E-state index in [0.29, 0.717) is 18.3 Å². The van der Waals surface area contributed by atoms with Crippen molar-refractivity contribution in [2.45, 2.75) is 32.2 Å². The molecule has 1 aliphatic carbocycles. The highest BCUT2D eigenvalue weighted by atomic mass is 16.5. The molecule has 0 bridgehead atoms. The monoisotopic (exact) mass is 372 g/mol. The molecule has 0 unspecified atom stereocenters. The Morgan fingerprint density at radius 2 is 2.04 bits per heavy atom. The van der Waals surface area contributed by atoms with E-state index < -0.39 is 0 Å². The van der Waals surface area contributed by atoms with Crippen molar-refractivity contribution in [2.24, 2.45) is 0 Å². The van der Waals surface area contributed by atoms with Gasteiger partial charge in [0.1, 0.15) is 5.76 Å². The average molecular weight is 372 g/mol. The summed E-state index contributed by atoms with van der Waals surface area (Å²) in [5, 5.41) is 4.16. The molecule has 6 nitrogen and oxygen atoms in total. The van der Waals surface area contributed by atoms with Gasteiger partial charge in [-0.2, -0.15) is 4.98 Å². The van der Waals surface area contributed by atoms with Crippen molar-refractivity contribution in [2.75, 3.05) is 0 Å². The second-order valence-electron chi connectivity index (χ2n) is 7.10. The van der Waals surface area contributed by atoms with Crippen molar-refractivity contribution >= 4 is 11.6 Å². The minimum Gasteiger partial charge on any atom is -0.465 e. The van der Waals surface area contributed by atoms with E-state index in [1.54, 1.807) is 6.26 Å². The van der Waals surface area contributed by atoms with Gasteiger partial charge in [-0.05, 0) is 43.5 Å². The molecule has 0 radical (unpaired) electrons. The third-order valence-corrected chi connectivity index (χ3v) is 4.88. The number of allylic oxidation sites excluding steroid dienone is 1. The van der Waals surface area contributed by atoms with E-state index >= 15 is 0 Å². The average Bonchev–Trinajstić information content (AvgIpc) is 3.10. The van der Waals surface area contributed by atoms with Crippen molar-refractivity contribution < 1.29 is 8.94 Å². The molecule has 3 aromatic heterocycles. The highest BCUT2D eigenvalue weighted by Gasteiger charge is 2.29. The molecule has 5 rings (SSSR count). The van der Waals surface area contributed by atoms with Gasteiger partial charge in [0.2, 0.25) is 5.89 Å². The summed E-state index contributed by atoms with van der Waals surface area (Å²) in [7, 11) is 0. The summed E-state index contributed by atoms with van der Waals surface area (Å²) in [5.41, 5.74) is 4.06. The third kappa shape index (κ3) is 3.29. The summed E-state index contributed by atoms with van der Waals surface area (Å²) in [6.07, 6.45) is 7.81. The van der Waals surface area contributed by atoms with E-state index in [4.69, 9.17) is 13.9 Å². The zero-order chi connectivity index (χ0) is 18.9. The molecule has 1 saturated carbocycles. The second kappa shape index (κ2) is 6.96. The Bertz CT molecular complexity index is 1100. The summed E-state index contributed by atoms with van der Waals surface area (Å²) in [4.78, 5) is 9.25. The predicted molar refractivity (Wildman–Crippen MR) is 105 cm³/mol. The summed E-state index contributed by atoms with van der Waals surface area (Å²) in [5.74, 6) is 2.68. The smallest absolute Gasteiger partial charge is 0.229 e. The first-order valence-electron chi connectivity index (χ1n) is 9.43. The Morgan fingerprint density at radius 3 is 2.79 bits per heavy atom. The highest BCUT2D eigenvalue weighted by molar-refractivity contribution is 5.84. The number of rotatable bonds is 6. The Kier molecular flexibility index (Phi) is 4.16. The molecule has 1 fully saturated rings. The van der Waals surface area contributed by atoms with Crippen LogP contribution in [0.3, 0.4) is 0 Å². The van der Waals surface area contributed by atoms with Gasteiger partial charge in [0, 0.05) is 11.5 Å². The van der Waals surface area contributed by atoms with Crippen LogP contribution in [0, 0.1) is 0 Å². The number of hydrogen-bond acceptors (Lipinski definition) is 5. The molecule has 0 amide bonds. The SMILES string of the molecule is C/C(=C\c1ccco1)c1c(-c2ccccc2)ncn1Cc1noc(C2CC2)n1. The maximum Gasteiger partial charge on any atom is 0.229 e. The van der Waals surface area contributed by atoms with E-state index in [0.717, 1.165) is 47.0 Å². The Morgan fingerprint density at radius 1 is 1.18 bits per heavy atom. The number of hydrogen-bond donors (Lipinski definition) is 0. The van der Waals surface area contributed by atoms with Crippen LogP contribution in [-0.4, -0.2) is 19.7 Å². The lowest BCUT2D eigenvalue weighted by atomic mass is 10.1. The first-order valence-corrected chi connectivity index (χ1v) is 9.43. The summed E-state index contributed by atoms with van der Waals surface area (Å²) < 4.78 is 13.0. The lowest BCUT2D eigenvalue weighted by molar-refractivity contribution is 0.373. The molecular formula is C22H20N4O2. The van der Waals surface area contributed by atoms with Gasteiger partial charge in [0.15, 0.2) is 5.82 Å². The summed E-state index contributed by atoms with van der Waals surface area (Å²) >= 11 is 0. The standard InChI is InChI=1S/C22H20N4O2/c1-15(12-18-8-5-11-27-18)21-20(16-6-3-2-4-7-16)23-14-26(21)13-19-24-22(28-25-19)17-9-10-17/h2-8,11-12,14,17H,9-10,13H2,1H3/b15-12+. The molecule has 28 heavy (non-hydrogen) atoms. The van der Waals surface area contributed by atoms with Crippen LogP contribution in [0.1, 0.15) is 48.9 Å². The summed E-state index contributed by atoms with van der Waals surface area (Å²) in [6, 6.07) is 14.0. The molecule has 0 N–H and O–H groups in total. The fourth-order valence-electron chi connectivity index (χ4n) is 3.36. The topological polar surface area (TPSA) is 69.9 Å². The molecule has 6 heteroatoms. The van der Waals surface area contributed by atoms with Crippen LogP contribution < -0.4 is 0 Å². The molecule has 1 aromatic carbocycles. The minimum atomic E-state index is 0.448. The van der Waals surface area contributed by atoms with Crippen molar-refractivity contribution in [3.8, 4) is 11.3 Å². The van der Waals surface area contributed by atoms with Gasteiger partial charge in [-0.1, -0.05) is 35.5 Å². The predicted octanol–water partition coefficient (Wildman–Crippen LogP) is 5.01. The van der Waals surface area contributed by atoms with Crippen LogP contribution in [0.25, 0.3) is 22.9 Å². The lowest BCUT2D eigenvalue weighted by Gasteiger charge is -2.09. The van der Waals surface area contributed by atoms with Crippen molar-refractivity contribution in [3.05, 3.63) is 78.2 Å². The zero-order valence-corrected chi connectivity index (χ0v) is 15.6. The first kappa shape index (κ1) is 16.7. The normalized spacial score (nSPS) is 14.5. The number of benzene rings is 1. The van der Waals surface area contributed by atoms with Gasteiger partial charge in [-0.15, -0.1) is 0 Å². The molecule has 0 aliphatic heterocycles.